The summed E-state index contributed by atoms with van der Waals surface area (Å²) in [4.78, 5) is 0. The van der Waals surface area contributed by atoms with Gasteiger partial charge in [0, 0.05) is 0 Å². The fourth-order valence-corrected chi connectivity index (χ4v) is 2.14. The van der Waals surface area contributed by atoms with E-state index in [-0.39, 0.29) is 0 Å². The van der Waals surface area contributed by atoms with Crippen molar-refractivity contribution in [3.05, 3.63) is 65.3 Å². The fourth-order valence-electron chi connectivity index (χ4n) is 2.14. The second-order valence-electron chi connectivity index (χ2n) is 4.05. The molecule has 0 aromatic heterocycles. The second kappa shape index (κ2) is 3.90. The first-order valence-electron chi connectivity index (χ1n) is 5.31. The molecule has 1 aromatic rings. The quantitative estimate of drug-likeness (QED) is 0.659. The maximum Gasteiger partial charge on any atom is -0.00579 e. The van der Waals surface area contributed by atoms with Crippen LogP contribution in [0.1, 0.15) is 25.8 Å². The standard InChI is InChI=1S/C15H16/c1-4-13-10-11(2)12(3)15(13)14-8-6-5-7-9-14/h4-9H,1,10H2,2-3H3. The summed E-state index contributed by atoms with van der Waals surface area (Å²) in [5.41, 5.74) is 6.92. The summed E-state index contributed by atoms with van der Waals surface area (Å²) in [5.74, 6) is 0. The summed E-state index contributed by atoms with van der Waals surface area (Å²) in [6.45, 7) is 8.31. The van der Waals surface area contributed by atoms with Crippen LogP contribution >= 0.6 is 0 Å². The highest BCUT2D eigenvalue weighted by Crippen LogP contribution is 2.38. The lowest BCUT2D eigenvalue weighted by atomic mass is 9.98. The van der Waals surface area contributed by atoms with Gasteiger partial charge in [-0.15, -0.1) is 0 Å². The number of hydrogen-bond acceptors (Lipinski definition) is 0. The molecule has 1 aromatic carbocycles. The highest BCUT2D eigenvalue weighted by atomic mass is 14.2. The SMILES string of the molecule is C=CC1=C(c2ccccc2)C(C)=C(C)C1. The van der Waals surface area contributed by atoms with Crippen molar-refractivity contribution in [1.29, 1.82) is 0 Å². The van der Waals surface area contributed by atoms with Gasteiger partial charge < -0.3 is 0 Å². The van der Waals surface area contributed by atoms with Crippen molar-refractivity contribution in [3.63, 3.8) is 0 Å². The third-order valence-electron chi connectivity index (χ3n) is 3.10. The van der Waals surface area contributed by atoms with Crippen molar-refractivity contribution >= 4 is 5.57 Å². The van der Waals surface area contributed by atoms with E-state index >= 15 is 0 Å². The predicted molar refractivity (Wildman–Crippen MR) is 66.6 cm³/mol. The van der Waals surface area contributed by atoms with Gasteiger partial charge in [0.1, 0.15) is 0 Å². The van der Waals surface area contributed by atoms with Gasteiger partial charge in [-0.3, -0.25) is 0 Å². The molecule has 0 heterocycles. The maximum atomic E-state index is 3.90. The van der Waals surface area contributed by atoms with Gasteiger partial charge in [-0.05, 0) is 42.6 Å². The molecule has 0 unspecified atom stereocenters. The van der Waals surface area contributed by atoms with Crippen molar-refractivity contribution in [3.8, 4) is 0 Å². The molecule has 0 atom stereocenters. The summed E-state index contributed by atoms with van der Waals surface area (Å²) in [7, 11) is 0. The van der Waals surface area contributed by atoms with Crippen LogP contribution in [-0.2, 0) is 0 Å². The lowest BCUT2D eigenvalue weighted by Gasteiger charge is -2.06. The molecule has 76 valence electrons. The van der Waals surface area contributed by atoms with Crippen LogP contribution in [0.25, 0.3) is 5.57 Å². The van der Waals surface area contributed by atoms with Gasteiger partial charge in [0.2, 0.25) is 0 Å². The first-order valence-corrected chi connectivity index (χ1v) is 5.31. The average Bonchev–Trinajstić information content (AvgIpc) is 2.56. The van der Waals surface area contributed by atoms with Crippen LogP contribution in [0.5, 0.6) is 0 Å². The number of benzene rings is 1. The normalized spacial score (nSPS) is 16.1. The third-order valence-corrected chi connectivity index (χ3v) is 3.10. The minimum atomic E-state index is 1.06. The van der Waals surface area contributed by atoms with E-state index < -0.39 is 0 Å². The van der Waals surface area contributed by atoms with Gasteiger partial charge >= 0.3 is 0 Å². The maximum absolute atomic E-state index is 3.90. The van der Waals surface area contributed by atoms with Gasteiger partial charge in [0.05, 0.1) is 0 Å². The molecular weight excluding hydrogens is 180 g/mol. The predicted octanol–water partition coefficient (Wildman–Crippen LogP) is 4.37. The highest BCUT2D eigenvalue weighted by molar-refractivity contribution is 5.86. The van der Waals surface area contributed by atoms with Crippen LogP contribution in [0.3, 0.4) is 0 Å². The third kappa shape index (κ3) is 1.68. The van der Waals surface area contributed by atoms with Crippen LogP contribution in [0.15, 0.2) is 59.7 Å². The van der Waals surface area contributed by atoms with Crippen LogP contribution in [-0.4, -0.2) is 0 Å². The molecule has 0 heteroatoms. The Bertz CT molecular complexity index is 444. The van der Waals surface area contributed by atoms with Gasteiger partial charge in [-0.2, -0.15) is 0 Å². The first kappa shape index (κ1) is 9.97. The molecular formula is C15H16. The number of allylic oxidation sites excluding steroid dienone is 5. The lowest BCUT2D eigenvalue weighted by molar-refractivity contribution is 1.18. The Labute approximate surface area is 91.6 Å². The topological polar surface area (TPSA) is 0 Å². The van der Waals surface area contributed by atoms with Crippen molar-refractivity contribution in [2.24, 2.45) is 0 Å². The Morgan fingerprint density at radius 3 is 2.40 bits per heavy atom. The van der Waals surface area contributed by atoms with Crippen molar-refractivity contribution in [1.82, 2.24) is 0 Å². The molecule has 0 bridgehead atoms. The van der Waals surface area contributed by atoms with E-state index in [0.29, 0.717) is 0 Å². The van der Waals surface area contributed by atoms with Crippen LogP contribution in [0.2, 0.25) is 0 Å². The summed E-state index contributed by atoms with van der Waals surface area (Å²) in [6.07, 6.45) is 3.04. The fraction of sp³-hybridized carbons (Fsp3) is 0.200. The largest absolute Gasteiger partial charge is 0.0988 e. The molecule has 0 saturated carbocycles. The zero-order valence-electron chi connectivity index (χ0n) is 9.38. The van der Waals surface area contributed by atoms with E-state index in [9.17, 15) is 0 Å². The molecule has 0 aliphatic heterocycles. The molecule has 0 nitrogen and oxygen atoms in total. The molecule has 15 heavy (non-hydrogen) atoms. The van der Waals surface area contributed by atoms with Crippen molar-refractivity contribution < 1.29 is 0 Å². The smallest absolute Gasteiger partial charge is 0.00579 e. The van der Waals surface area contributed by atoms with Crippen LogP contribution in [0, 0.1) is 0 Å². The molecule has 1 aliphatic rings. The van der Waals surface area contributed by atoms with E-state index in [1.807, 2.05) is 6.08 Å². The van der Waals surface area contributed by atoms with Gasteiger partial charge in [-0.1, -0.05) is 48.6 Å². The van der Waals surface area contributed by atoms with E-state index in [1.165, 1.54) is 27.9 Å². The molecule has 0 radical (unpaired) electrons. The highest BCUT2D eigenvalue weighted by Gasteiger charge is 2.17. The number of hydrogen-bond donors (Lipinski definition) is 0. The monoisotopic (exact) mass is 196 g/mol. The average molecular weight is 196 g/mol. The zero-order valence-corrected chi connectivity index (χ0v) is 9.38. The molecule has 0 fully saturated rings. The zero-order chi connectivity index (χ0) is 10.8. The van der Waals surface area contributed by atoms with E-state index in [0.717, 1.165) is 6.42 Å². The summed E-state index contributed by atoms with van der Waals surface area (Å²) in [6, 6.07) is 10.6. The Morgan fingerprint density at radius 2 is 1.80 bits per heavy atom. The molecule has 0 saturated heterocycles. The summed E-state index contributed by atoms with van der Waals surface area (Å²) < 4.78 is 0. The van der Waals surface area contributed by atoms with E-state index in [2.05, 4.69) is 50.8 Å². The second-order valence-corrected chi connectivity index (χ2v) is 4.05. The lowest BCUT2D eigenvalue weighted by Crippen LogP contribution is -1.85. The molecule has 0 N–H and O–H groups in total. The van der Waals surface area contributed by atoms with E-state index in [4.69, 9.17) is 0 Å². The van der Waals surface area contributed by atoms with E-state index in [1.54, 1.807) is 0 Å². The minimum Gasteiger partial charge on any atom is -0.0988 e. The van der Waals surface area contributed by atoms with Gasteiger partial charge in [0.25, 0.3) is 0 Å². The molecule has 2 rings (SSSR count). The summed E-state index contributed by atoms with van der Waals surface area (Å²) >= 11 is 0. The Balaban J connectivity index is 2.55. The Hall–Kier alpha value is -1.56. The van der Waals surface area contributed by atoms with Gasteiger partial charge in [0.15, 0.2) is 0 Å². The molecule has 1 aliphatic carbocycles. The first-order chi connectivity index (χ1) is 7.24. The Morgan fingerprint density at radius 1 is 1.13 bits per heavy atom. The van der Waals surface area contributed by atoms with Crippen molar-refractivity contribution in [2.75, 3.05) is 0 Å². The van der Waals surface area contributed by atoms with Crippen LogP contribution < -0.4 is 0 Å². The molecule has 0 amide bonds. The summed E-state index contributed by atoms with van der Waals surface area (Å²) in [5, 5.41) is 0. The molecule has 0 spiro atoms. The Kier molecular flexibility index (Phi) is 2.59. The van der Waals surface area contributed by atoms with Crippen LogP contribution in [0.4, 0.5) is 0 Å². The van der Waals surface area contributed by atoms with Crippen molar-refractivity contribution in [2.45, 2.75) is 20.3 Å². The number of rotatable bonds is 2. The van der Waals surface area contributed by atoms with Gasteiger partial charge in [-0.25, -0.2) is 0 Å². The minimum absolute atomic E-state index is 1.06.